The van der Waals surface area contributed by atoms with Crippen LogP contribution >= 0.6 is 0 Å². The first-order valence-corrected chi connectivity index (χ1v) is 9.96. The average molecular weight is 401 g/mol. The molecular formula is C23H23N5O2. The van der Waals surface area contributed by atoms with Gasteiger partial charge >= 0.3 is 0 Å². The first-order valence-electron chi connectivity index (χ1n) is 9.96. The van der Waals surface area contributed by atoms with Gasteiger partial charge in [-0.3, -0.25) is 9.69 Å². The Morgan fingerprint density at radius 1 is 1.17 bits per heavy atom. The van der Waals surface area contributed by atoms with Crippen LogP contribution in [0.15, 0.2) is 47.0 Å². The third-order valence-electron chi connectivity index (χ3n) is 5.45. The summed E-state index contributed by atoms with van der Waals surface area (Å²) in [5, 5.41) is 13.6. The summed E-state index contributed by atoms with van der Waals surface area (Å²) in [4.78, 5) is 20.7. The Hall–Kier alpha value is -3.50. The Labute approximate surface area is 175 Å². The number of nitriles is 1. The van der Waals surface area contributed by atoms with Crippen LogP contribution in [0.25, 0.3) is 11.4 Å². The summed E-state index contributed by atoms with van der Waals surface area (Å²) in [6.07, 6.45) is 0. The van der Waals surface area contributed by atoms with Crippen molar-refractivity contribution >= 4 is 11.5 Å². The van der Waals surface area contributed by atoms with Crippen LogP contribution in [0.5, 0.6) is 0 Å². The molecule has 1 aliphatic heterocycles. The van der Waals surface area contributed by atoms with E-state index in [0.29, 0.717) is 29.4 Å². The van der Waals surface area contributed by atoms with E-state index in [0.717, 1.165) is 43.0 Å². The van der Waals surface area contributed by atoms with Crippen LogP contribution in [0.2, 0.25) is 0 Å². The number of hydrogen-bond donors (Lipinski definition) is 0. The molecule has 2 heterocycles. The van der Waals surface area contributed by atoms with E-state index < -0.39 is 0 Å². The monoisotopic (exact) mass is 401 g/mol. The van der Waals surface area contributed by atoms with Crippen LogP contribution < -0.4 is 4.90 Å². The Morgan fingerprint density at radius 3 is 2.63 bits per heavy atom. The molecule has 0 amide bonds. The molecule has 2 aromatic carbocycles. The van der Waals surface area contributed by atoms with Gasteiger partial charge in [0.15, 0.2) is 5.78 Å². The Balaban J connectivity index is 1.41. The molecule has 0 aliphatic carbocycles. The number of anilines is 1. The first kappa shape index (κ1) is 19.8. The molecular weight excluding hydrogens is 378 g/mol. The fourth-order valence-electron chi connectivity index (χ4n) is 3.70. The normalized spacial score (nSPS) is 14.5. The van der Waals surface area contributed by atoms with Gasteiger partial charge < -0.3 is 9.42 Å². The first-order chi connectivity index (χ1) is 14.5. The van der Waals surface area contributed by atoms with Crippen LogP contribution in [-0.4, -0.2) is 47.0 Å². The standard InChI is InChI=1S/C23H23N5O2/c1-16-5-3-4-6-20(16)23-25-22(30-26-23)15-27-9-11-28(12-10-27)21-13-18(17(2)29)7-8-19(21)14-24/h3-8,13H,9-12,15H2,1-2H3. The van der Waals surface area contributed by atoms with Crippen molar-refractivity contribution in [3.8, 4) is 17.5 Å². The second-order valence-electron chi connectivity index (χ2n) is 7.49. The summed E-state index contributed by atoms with van der Waals surface area (Å²) in [5.74, 6) is 1.21. The van der Waals surface area contributed by atoms with Crippen molar-refractivity contribution in [1.29, 1.82) is 5.26 Å². The number of nitrogens with zero attached hydrogens (tertiary/aromatic N) is 5. The van der Waals surface area contributed by atoms with Crippen LogP contribution in [0, 0.1) is 18.3 Å². The van der Waals surface area contributed by atoms with Crippen molar-refractivity contribution in [2.24, 2.45) is 0 Å². The molecule has 3 aromatic rings. The maximum atomic E-state index is 11.7. The number of piperazine rings is 1. The lowest BCUT2D eigenvalue weighted by molar-refractivity contribution is 0.101. The molecule has 30 heavy (non-hydrogen) atoms. The maximum Gasteiger partial charge on any atom is 0.241 e. The van der Waals surface area contributed by atoms with Gasteiger partial charge in [0.25, 0.3) is 0 Å². The van der Waals surface area contributed by atoms with E-state index in [2.05, 4.69) is 26.0 Å². The molecule has 0 saturated carbocycles. The number of carbonyl (C=O) groups is 1. The molecule has 4 rings (SSSR count). The highest BCUT2D eigenvalue weighted by Gasteiger charge is 2.22. The third-order valence-corrected chi connectivity index (χ3v) is 5.45. The Morgan fingerprint density at radius 2 is 1.93 bits per heavy atom. The number of ketones is 1. The topological polar surface area (TPSA) is 86.3 Å². The maximum absolute atomic E-state index is 11.7. The smallest absolute Gasteiger partial charge is 0.241 e. The zero-order valence-corrected chi connectivity index (χ0v) is 17.1. The van der Waals surface area contributed by atoms with Gasteiger partial charge in [0.2, 0.25) is 11.7 Å². The predicted molar refractivity (Wildman–Crippen MR) is 113 cm³/mol. The molecule has 0 spiro atoms. The lowest BCUT2D eigenvalue weighted by Crippen LogP contribution is -2.46. The van der Waals surface area contributed by atoms with E-state index in [-0.39, 0.29) is 5.78 Å². The largest absolute Gasteiger partial charge is 0.368 e. The van der Waals surface area contributed by atoms with Gasteiger partial charge in [0, 0.05) is 37.3 Å². The minimum absolute atomic E-state index is 0.000210. The second-order valence-corrected chi connectivity index (χ2v) is 7.49. The SMILES string of the molecule is CC(=O)c1ccc(C#N)c(N2CCN(Cc3nc(-c4ccccc4C)no3)CC2)c1. The zero-order chi connectivity index (χ0) is 21.1. The Kier molecular flexibility index (Phi) is 5.59. The number of Topliss-reactive ketones (excluding diaryl/α,β-unsaturated/α-hetero) is 1. The number of benzene rings is 2. The van der Waals surface area contributed by atoms with E-state index in [1.54, 1.807) is 19.1 Å². The number of hydrogen-bond acceptors (Lipinski definition) is 7. The van der Waals surface area contributed by atoms with E-state index in [4.69, 9.17) is 4.52 Å². The highest BCUT2D eigenvalue weighted by atomic mass is 16.5. The minimum atomic E-state index is 0.000210. The molecule has 0 atom stereocenters. The molecule has 7 heteroatoms. The number of carbonyl (C=O) groups excluding carboxylic acids is 1. The molecule has 0 bridgehead atoms. The molecule has 1 fully saturated rings. The summed E-state index contributed by atoms with van der Waals surface area (Å²) >= 11 is 0. The van der Waals surface area contributed by atoms with Crippen LogP contribution in [0.3, 0.4) is 0 Å². The van der Waals surface area contributed by atoms with Crippen molar-refractivity contribution in [3.63, 3.8) is 0 Å². The predicted octanol–water partition coefficient (Wildman–Crippen LogP) is 3.44. The molecule has 0 N–H and O–H groups in total. The summed E-state index contributed by atoms with van der Waals surface area (Å²) in [6.45, 7) is 7.28. The molecule has 152 valence electrons. The number of aryl methyl sites for hydroxylation is 1. The lowest BCUT2D eigenvalue weighted by atomic mass is 10.1. The molecule has 0 unspecified atom stereocenters. The van der Waals surface area contributed by atoms with Crippen LogP contribution in [0.1, 0.15) is 34.3 Å². The van der Waals surface area contributed by atoms with Crippen molar-refractivity contribution in [3.05, 3.63) is 65.0 Å². The Bertz CT molecular complexity index is 1110. The number of rotatable bonds is 5. The summed E-state index contributed by atoms with van der Waals surface area (Å²) in [6, 6.07) is 15.5. The quantitative estimate of drug-likeness (QED) is 0.605. The molecule has 1 aliphatic rings. The van der Waals surface area contributed by atoms with Crippen molar-refractivity contribution in [1.82, 2.24) is 15.0 Å². The summed E-state index contributed by atoms with van der Waals surface area (Å²) in [7, 11) is 0. The molecule has 1 saturated heterocycles. The van der Waals surface area contributed by atoms with Gasteiger partial charge in [-0.15, -0.1) is 0 Å². The van der Waals surface area contributed by atoms with Crippen LogP contribution in [0.4, 0.5) is 5.69 Å². The van der Waals surface area contributed by atoms with E-state index >= 15 is 0 Å². The van der Waals surface area contributed by atoms with Crippen molar-refractivity contribution < 1.29 is 9.32 Å². The lowest BCUT2D eigenvalue weighted by Gasteiger charge is -2.35. The van der Waals surface area contributed by atoms with Gasteiger partial charge in [0.05, 0.1) is 17.8 Å². The van der Waals surface area contributed by atoms with E-state index in [9.17, 15) is 10.1 Å². The van der Waals surface area contributed by atoms with Gasteiger partial charge in [-0.05, 0) is 37.6 Å². The molecule has 1 aromatic heterocycles. The highest BCUT2D eigenvalue weighted by molar-refractivity contribution is 5.95. The van der Waals surface area contributed by atoms with Gasteiger partial charge in [0.1, 0.15) is 6.07 Å². The van der Waals surface area contributed by atoms with E-state index in [1.165, 1.54) is 0 Å². The summed E-state index contributed by atoms with van der Waals surface area (Å²) < 4.78 is 5.47. The fraction of sp³-hybridized carbons (Fsp3) is 0.304. The fourth-order valence-corrected chi connectivity index (χ4v) is 3.70. The second kappa shape index (κ2) is 8.47. The highest BCUT2D eigenvalue weighted by Crippen LogP contribution is 2.24. The number of aromatic nitrogens is 2. The van der Waals surface area contributed by atoms with Crippen molar-refractivity contribution in [2.45, 2.75) is 20.4 Å². The third kappa shape index (κ3) is 4.09. The molecule has 7 nitrogen and oxygen atoms in total. The van der Waals surface area contributed by atoms with E-state index in [1.807, 2.05) is 37.3 Å². The molecule has 0 radical (unpaired) electrons. The van der Waals surface area contributed by atoms with Gasteiger partial charge in [-0.1, -0.05) is 29.4 Å². The van der Waals surface area contributed by atoms with Crippen molar-refractivity contribution in [2.75, 3.05) is 31.1 Å². The zero-order valence-electron chi connectivity index (χ0n) is 17.1. The minimum Gasteiger partial charge on any atom is -0.368 e. The van der Waals surface area contributed by atoms with Gasteiger partial charge in [-0.2, -0.15) is 10.2 Å². The van der Waals surface area contributed by atoms with Gasteiger partial charge in [-0.25, -0.2) is 0 Å². The summed E-state index contributed by atoms with van der Waals surface area (Å²) in [5.41, 5.74) is 4.13. The van der Waals surface area contributed by atoms with Crippen LogP contribution in [-0.2, 0) is 6.54 Å². The average Bonchev–Trinajstić information content (AvgIpc) is 3.22.